The molecule has 6 heteroatoms. The fraction of sp³-hybridized carbons (Fsp3) is 0.500. The number of amides is 1. The van der Waals surface area contributed by atoms with E-state index in [1.54, 1.807) is 12.1 Å². The van der Waals surface area contributed by atoms with Gasteiger partial charge >= 0.3 is 0 Å². The van der Waals surface area contributed by atoms with E-state index in [0.29, 0.717) is 17.4 Å². The topological polar surface area (TPSA) is 103 Å². The average Bonchev–Trinajstić information content (AvgIpc) is 2.21. The van der Waals surface area contributed by atoms with Crippen LogP contribution in [0.1, 0.15) is 27.2 Å². The Bertz CT molecular complexity index is 421. The van der Waals surface area contributed by atoms with Crippen LogP contribution in [-0.2, 0) is 4.79 Å². The molecule has 0 aliphatic heterocycles. The molecule has 0 saturated heterocycles. The van der Waals surface area contributed by atoms with Gasteiger partial charge in [-0.3, -0.25) is 4.79 Å². The van der Waals surface area contributed by atoms with Gasteiger partial charge in [-0.25, -0.2) is 0 Å². The number of carbonyl (C=O) groups excluding carboxylic acids is 1. The lowest BCUT2D eigenvalue weighted by Crippen LogP contribution is -2.24. The summed E-state index contributed by atoms with van der Waals surface area (Å²) < 4.78 is 5.48. The minimum Gasteiger partial charge on any atom is -0.473 e. The highest BCUT2D eigenvalue weighted by atomic mass is 16.5. The highest BCUT2D eigenvalue weighted by Gasteiger charge is 2.10. The first-order valence-corrected chi connectivity index (χ1v) is 5.86. The van der Waals surface area contributed by atoms with E-state index in [4.69, 9.17) is 16.2 Å². The third kappa shape index (κ3) is 4.48. The van der Waals surface area contributed by atoms with E-state index in [1.807, 2.05) is 20.8 Å². The minimum atomic E-state index is -0.357. The van der Waals surface area contributed by atoms with Crippen molar-refractivity contribution in [2.45, 2.75) is 39.3 Å². The number of nitrogen functional groups attached to an aromatic ring is 1. The summed E-state index contributed by atoms with van der Waals surface area (Å²) >= 11 is 0. The third-order valence-corrected chi connectivity index (χ3v) is 2.14. The summed E-state index contributed by atoms with van der Waals surface area (Å²) in [5.74, 6) is 0.638. The second-order valence-corrected chi connectivity index (χ2v) is 4.47. The number of nitrogens with two attached hydrogens (primary N) is 2. The van der Waals surface area contributed by atoms with Crippen molar-refractivity contribution < 1.29 is 9.53 Å². The Balaban J connectivity index is 2.75. The van der Waals surface area contributed by atoms with E-state index in [-0.39, 0.29) is 24.5 Å². The first-order valence-electron chi connectivity index (χ1n) is 5.86. The first-order chi connectivity index (χ1) is 8.38. The second kappa shape index (κ2) is 6.09. The molecule has 0 aromatic carbocycles. The van der Waals surface area contributed by atoms with Gasteiger partial charge < -0.3 is 21.5 Å². The molecule has 1 unspecified atom stereocenters. The fourth-order valence-electron chi connectivity index (χ4n) is 1.45. The number of primary amides is 1. The van der Waals surface area contributed by atoms with Crippen LogP contribution in [0.4, 0.5) is 11.5 Å². The molecule has 0 bridgehead atoms. The molecular weight excluding hydrogens is 232 g/mol. The van der Waals surface area contributed by atoms with Crippen LogP contribution in [0.15, 0.2) is 12.1 Å². The molecule has 0 spiro atoms. The Labute approximate surface area is 107 Å². The normalized spacial score (nSPS) is 12.2. The molecule has 0 saturated carbocycles. The number of aromatic nitrogens is 1. The minimum absolute atomic E-state index is 0.00177. The first kappa shape index (κ1) is 14.1. The quantitative estimate of drug-likeness (QED) is 0.704. The average molecular weight is 252 g/mol. The van der Waals surface area contributed by atoms with Gasteiger partial charge in [0.1, 0.15) is 5.82 Å². The van der Waals surface area contributed by atoms with Crippen LogP contribution < -0.4 is 21.5 Å². The summed E-state index contributed by atoms with van der Waals surface area (Å²) in [7, 11) is 0. The smallest absolute Gasteiger partial charge is 0.239 e. The highest BCUT2D eigenvalue weighted by Crippen LogP contribution is 2.22. The molecule has 5 N–H and O–H groups in total. The number of ether oxygens (including phenoxy) is 1. The maximum Gasteiger partial charge on any atom is 0.239 e. The van der Waals surface area contributed by atoms with Crippen LogP contribution in [-0.4, -0.2) is 23.0 Å². The van der Waals surface area contributed by atoms with E-state index >= 15 is 0 Å². The van der Waals surface area contributed by atoms with Crippen LogP contribution in [0.2, 0.25) is 0 Å². The number of rotatable bonds is 6. The van der Waals surface area contributed by atoms with E-state index in [0.717, 1.165) is 0 Å². The molecule has 1 aromatic heterocycles. The van der Waals surface area contributed by atoms with Gasteiger partial charge in [0, 0.05) is 12.5 Å². The number of pyridine rings is 1. The molecule has 1 aromatic rings. The number of carbonyl (C=O) groups is 1. The zero-order valence-electron chi connectivity index (χ0n) is 10.9. The van der Waals surface area contributed by atoms with Crippen molar-refractivity contribution in [2.75, 3.05) is 11.1 Å². The second-order valence-electron chi connectivity index (χ2n) is 4.47. The summed E-state index contributed by atoms with van der Waals surface area (Å²) in [6, 6.07) is 3.36. The van der Waals surface area contributed by atoms with Crippen LogP contribution in [0.5, 0.6) is 5.88 Å². The van der Waals surface area contributed by atoms with Crippen LogP contribution in [0, 0.1) is 0 Å². The zero-order chi connectivity index (χ0) is 13.7. The molecule has 0 aliphatic carbocycles. The van der Waals surface area contributed by atoms with Gasteiger partial charge in [-0.15, -0.1) is 0 Å². The summed E-state index contributed by atoms with van der Waals surface area (Å²) in [5.41, 5.74) is 11.4. The van der Waals surface area contributed by atoms with Gasteiger partial charge in [-0.1, -0.05) is 0 Å². The Morgan fingerprint density at radius 2 is 2.11 bits per heavy atom. The van der Waals surface area contributed by atoms with Crippen LogP contribution >= 0.6 is 0 Å². The Hall–Kier alpha value is -1.98. The van der Waals surface area contributed by atoms with Crippen molar-refractivity contribution in [1.29, 1.82) is 0 Å². The maximum absolute atomic E-state index is 10.8. The number of anilines is 2. The van der Waals surface area contributed by atoms with Gasteiger partial charge in [0.2, 0.25) is 11.8 Å². The number of nitrogens with zero attached hydrogens (tertiary/aromatic N) is 1. The van der Waals surface area contributed by atoms with E-state index < -0.39 is 0 Å². The van der Waals surface area contributed by atoms with Gasteiger partial charge in [0.05, 0.1) is 11.8 Å². The molecular formula is C12H20N4O2. The lowest BCUT2D eigenvalue weighted by atomic mass is 10.2. The van der Waals surface area contributed by atoms with Crippen molar-refractivity contribution in [2.24, 2.45) is 5.73 Å². The zero-order valence-corrected chi connectivity index (χ0v) is 10.9. The summed E-state index contributed by atoms with van der Waals surface area (Å²) in [6.45, 7) is 5.65. The molecule has 1 heterocycles. The standard InChI is InChI=1S/C12H20N4O2/c1-7(2)18-12-9(13)4-5-11(16-12)15-8(3)6-10(14)17/h4-5,7-8H,6,13H2,1-3H3,(H2,14,17)(H,15,16). The Kier molecular flexibility index (Phi) is 4.76. The summed E-state index contributed by atoms with van der Waals surface area (Å²) in [4.78, 5) is 15.0. The van der Waals surface area contributed by atoms with E-state index in [9.17, 15) is 4.79 Å². The van der Waals surface area contributed by atoms with Crippen LogP contribution in [0.25, 0.3) is 0 Å². The summed E-state index contributed by atoms with van der Waals surface area (Å²) in [6.07, 6.45) is 0.241. The number of hydrogen-bond donors (Lipinski definition) is 3. The van der Waals surface area contributed by atoms with Crippen molar-refractivity contribution in [3.8, 4) is 5.88 Å². The monoisotopic (exact) mass is 252 g/mol. The van der Waals surface area contributed by atoms with Crippen LogP contribution in [0.3, 0.4) is 0 Å². The molecule has 1 rings (SSSR count). The Morgan fingerprint density at radius 1 is 1.44 bits per heavy atom. The van der Waals surface area contributed by atoms with Gasteiger partial charge in [-0.05, 0) is 32.9 Å². The molecule has 0 radical (unpaired) electrons. The van der Waals surface area contributed by atoms with Gasteiger partial charge in [-0.2, -0.15) is 4.98 Å². The largest absolute Gasteiger partial charge is 0.473 e. The molecule has 100 valence electrons. The molecule has 1 amide bonds. The lowest BCUT2D eigenvalue weighted by Gasteiger charge is -2.15. The van der Waals surface area contributed by atoms with E-state index in [2.05, 4.69) is 10.3 Å². The van der Waals surface area contributed by atoms with Crippen molar-refractivity contribution in [3.63, 3.8) is 0 Å². The van der Waals surface area contributed by atoms with E-state index in [1.165, 1.54) is 0 Å². The molecule has 0 aliphatic rings. The molecule has 6 nitrogen and oxygen atoms in total. The van der Waals surface area contributed by atoms with Crippen molar-refractivity contribution >= 4 is 17.4 Å². The number of nitrogens with one attached hydrogen (secondary N) is 1. The van der Waals surface area contributed by atoms with Crippen molar-refractivity contribution in [1.82, 2.24) is 4.98 Å². The van der Waals surface area contributed by atoms with Crippen molar-refractivity contribution in [3.05, 3.63) is 12.1 Å². The lowest BCUT2D eigenvalue weighted by molar-refractivity contribution is -0.118. The molecule has 18 heavy (non-hydrogen) atoms. The molecule has 0 fully saturated rings. The Morgan fingerprint density at radius 3 is 2.67 bits per heavy atom. The number of hydrogen-bond acceptors (Lipinski definition) is 5. The van der Waals surface area contributed by atoms with Gasteiger partial charge in [0.15, 0.2) is 0 Å². The predicted octanol–water partition coefficient (Wildman–Crippen LogP) is 1.13. The highest BCUT2D eigenvalue weighted by molar-refractivity contribution is 5.74. The molecule has 1 atom stereocenters. The fourth-order valence-corrected chi connectivity index (χ4v) is 1.45. The van der Waals surface area contributed by atoms with Gasteiger partial charge in [0.25, 0.3) is 0 Å². The third-order valence-electron chi connectivity index (χ3n) is 2.14. The maximum atomic E-state index is 10.8. The SMILES string of the molecule is CC(CC(N)=O)Nc1ccc(N)c(OC(C)C)n1. The summed E-state index contributed by atoms with van der Waals surface area (Å²) in [5, 5.41) is 3.07. The predicted molar refractivity (Wildman–Crippen MR) is 71.3 cm³/mol.